The number of nitrogens with zero attached hydrogens (tertiary/aromatic N) is 6. The molecule has 4 rings (SSSR count). The van der Waals surface area contributed by atoms with Crippen LogP contribution in [0.5, 0.6) is 0 Å². The molecule has 2 aliphatic heterocycles. The molecule has 166 valence electrons. The third-order valence-electron chi connectivity index (χ3n) is 6.09. The van der Waals surface area contributed by atoms with E-state index in [-0.39, 0.29) is 17.1 Å². The molecule has 4 heterocycles. The molecule has 2 fully saturated rings. The predicted molar refractivity (Wildman–Crippen MR) is 119 cm³/mol. The molecule has 2 aliphatic rings. The van der Waals surface area contributed by atoms with E-state index in [1.54, 1.807) is 6.20 Å². The zero-order valence-corrected chi connectivity index (χ0v) is 19.1. The van der Waals surface area contributed by atoms with Gasteiger partial charge in [-0.1, -0.05) is 24.8 Å². The predicted octanol–water partition coefficient (Wildman–Crippen LogP) is 3.06. The number of aromatic nitrogens is 4. The number of thioether (sulfide) groups is 1. The van der Waals surface area contributed by atoms with Crippen LogP contribution in [-0.2, 0) is 16.1 Å². The van der Waals surface area contributed by atoms with Crippen molar-refractivity contribution in [3.8, 4) is 5.82 Å². The Bertz CT molecular complexity index is 918. The minimum Gasteiger partial charge on any atom is -0.339 e. The molecule has 0 spiro atoms. The van der Waals surface area contributed by atoms with E-state index in [2.05, 4.69) is 22.1 Å². The Balaban J connectivity index is 1.57. The number of likely N-dealkylation sites (tertiary alicyclic amines) is 2. The summed E-state index contributed by atoms with van der Waals surface area (Å²) >= 11 is 1.41. The normalized spacial score (nSPS) is 20.3. The Morgan fingerprint density at radius 1 is 1.23 bits per heavy atom. The van der Waals surface area contributed by atoms with E-state index in [1.165, 1.54) is 18.2 Å². The van der Waals surface area contributed by atoms with Crippen LogP contribution in [0, 0.1) is 0 Å². The first-order valence-corrected chi connectivity index (χ1v) is 12.1. The summed E-state index contributed by atoms with van der Waals surface area (Å²) in [5, 5.41) is 9.13. The average Bonchev–Trinajstić information content (AvgIpc) is 3.39. The van der Waals surface area contributed by atoms with E-state index in [0.717, 1.165) is 38.8 Å². The van der Waals surface area contributed by atoms with E-state index in [0.29, 0.717) is 35.8 Å². The first kappa shape index (κ1) is 21.8. The number of carbonyl (C=O) groups is 2. The van der Waals surface area contributed by atoms with Crippen LogP contribution in [0.25, 0.3) is 5.82 Å². The van der Waals surface area contributed by atoms with Gasteiger partial charge in [0.25, 0.3) is 0 Å². The van der Waals surface area contributed by atoms with Gasteiger partial charge < -0.3 is 9.80 Å². The molecular weight excluding hydrogens is 412 g/mol. The van der Waals surface area contributed by atoms with Gasteiger partial charge in [0.05, 0.1) is 11.8 Å². The number of piperidine rings is 1. The molecule has 0 saturated carbocycles. The summed E-state index contributed by atoms with van der Waals surface area (Å²) in [6.45, 7) is 6.05. The SMILES string of the molecule is CCC1CCCCN1C(=O)C(C)Sc1nnc(CN2CCCC2=O)n1-c1ccccn1. The van der Waals surface area contributed by atoms with E-state index < -0.39 is 0 Å². The second-order valence-corrected chi connectivity index (χ2v) is 9.50. The zero-order valence-electron chi connectivity index (χ0n) is 18.2. The van der Waals surface area contributed by atoms with Crippen molar-refractivity contribution in [3.05, 3.63) is 30.2 Å². The highest BCUT2D eigenvalue weighted by Gasteiger charge is 2.31. The van der Waals surface area contributed by atoms with Crippen molar-refractivity contribution in [2.75, 3.05) is 13.1 Å². The summed E-state index contributed by atoms with van der Waals surface area (Å²) < 4.78 is 1.88. The second-order valence-electron chi connectivity index (χ2n) is 8.19. The topological polar surface area (TPSA) is 84.2 Å². The Kier molecular flexibility index (Phi) is 6.89. The van der Waals surface area contributed by atoms with Crippen molar-refractivity contribution in [3.63, 3.8) is 0 Å². The fraction of sp³-hybridized carbons (Fsp3) is 0.591. The molecule has 2 amide bonds. The van der Waals surface area contributed by atoms with Gasteiger partial charge in [0.15, 0.2) is 11.0 Å². The van der Waals surface area contributed by atoms with E-state index in [9.17, 15) is 9.59 Å². The maximum Gasteiger partial charge on any atom is 0.236 e. The molecule has 2 atom stereocenters. The molecular formula is C22H30N6O2S. The molecule has 9 heteroatoms. The fourth-order valence-electron chi connectivity index (χ4n) is 4.39. The number of carbonyl (C=O) groups excluding carboxylic acids is 2. The molecule has 0 aromatic carbocycles. The first-order valence-electron chi connectivity index (χ1n) is 11.2. The summed E-state index contributed by atoms with van der Waals surface area (Å²) in [5.41, 5.74) is 0. The molecule has 8 nitrogen and oxygen atoms in total. The quantitative estimate of drug-likeness (QED) is 0.613. The van der Waals surface area contributed by atoms with Crippen molar-refractivity contribution >= 4 is 23.6 Å². The molecule has 0 radical (unpaired) electrons. The molecule has 0 N–H and O–H groups in total. The van der Waals surface area contributed by atoms with Crippen LogP contribution in [0.2, 0.25) is 0 Å². The van der Waals surface area contributed by atoms with Gasteiger partial charge in [0.2, 0.25) is 11.8 Å². The third kappa shape index (κ3) is 4.76. The monoisotopic (exact) mass is 442 g/mol. The number of pyridine rings is 1. The molecule has 2 saturated heterocycles. The molecule has 2 aromatic heterocycles. The van der Waals surface area contributed by atoms with Crippen LogP contribution in [0.4, 0.5) is 0 Å². The maximum absolute atomic E-state index is 13.2. The van der Waals surface area contributed by atoms with E-state index in [1.807, 2.05) is 39.5 Å². The minimum absolute atomic E-state index is 0.143. The average molecular weight is 443 g/mol. The van der Waals surface area contributed by atoms with Crippen molar-refractivity contribution in [2.45, 2.75) is 75.4 Å². The van der Waals surface area contributed by atoms with Gasteiger partial charge in [-0.15, -0.1) is 10.2 Å². The van der Waals surface area contributed by atoms with E-state index in [4.69, 9.17) is 0 Å². The van der Waals surface area contributed by atoms with Gasteiger partial charge in [-0.05, 0) is 51.2 Å². The van der Waals surface area contributed by atoms with Gasteiger partial charge in [-0.2, -0.15) is 0 Å². The third-order valence-corrected chi connectivity index (χ3v) is 7.12. The molecule has 0 aliphatic carbocycles. The Morgan fingerprint density at radius 3 is 2.81 bits per heavy atom. The zero-order chi connectivity index (χ0) is 21.8. The van der Waals surface area contributed by atoms with Crippen LogP contribution in [-0.4, -0.2) is 65.7 Å². The van der Waals surface area contributed by atoms with Gasteiger partial charge in [-0.3, -0.25) is 14.2 Å². The highest BCUT2D eigenvalue weighted by Crippen LogP contribution is 2.29. The lowest BCUT2D eigenvalue weighted by Gasteiger charge is -2.36. The highest BCUT2D eigenvalue weighted by molar-refractivity contribution is 8.00. The summed E-state index contributed by atoms with van der Waals surface area (Å²) in [5.74, 6) is 1.66. The van der Waals surface area contributed by atoms with E-state index >= 15 is 0 Å². The summed E-state index contributed by atoms with van der Waals surface area (Å²) in [6, 6.07) is 6.00. The number of rotatable bonds is 7. The van der Waals surface area contributed by atoms with Gasteiger partial charge in [0, 0.05) is 31.7 Å². The summed E-state index contributed by atoms with van der Waals surface area (Å²) in [4.78, 5) is 33.7. The first-order chi connectivity index (χ1) is 15.1. The van der Waals surface area contributed by atoms with Crippen molar-refractivity contribution in [1.82, 2.24) is 29.5 Å². The van der Waals surface area contributed by atoms with Crippen LogP contribution < -0.4 is 0 Å². The number of hydrogen-bond donors (Lipinski definition) is 0. The largest absolute Gasteiger partial charge is 0.339 e. The standard InChI is InChI=1S/C22H30N6O2S/c1-3-17-9-5-7-14-27(17)21(30)16(2)31-22-25-24-19(15-26-13-8-11-20(26)29)28(22)18-10-4-6-12-23-18/h4,6,10,12,16-17H,3,5,7-9,11,13-15H2,1-2H3. The summed E-state index contributed by atoms with van der Waals surface area (Å²) in [6.07, 6.45) is 7.51. The lowest BCUT2D eigenvalue weighted by atomic mass is 10.00. The van der Waals surface area contributed by atoms with Gasteiger partial charge in [-0.25, -0.2) is 4.98 Å². The number of hydrogen-bond acceptors (Lipinski definition) is 6. The lowest BCUT2D eigenvalue weighted by molar-refractivity contribution is -0.134. The lowest BCUT2D eigenvalue weighted by Crippen LogP contribution is -2.46. The smallest absolute Gasteiger partial charge is 0.236 e. The van der Waals surface area contributed by atoms with Crippen molar-refractivity contribution in [2.24, 2.45) is 0 Å². The Labute approximate surface area is 187 Å². The molecule has 2 aromatic rings. The van der Waals surface area contributed by atoms with Crippen LogP contribution in [0.15, 0.2) is 29.6 Å². The highest BCUT2D eigenvalue weighted by atomic mass is 32.2. The minimum atomic E-state index is -0.278. The maximum atomic E-state index is 13.2. The summed E-state index contributed by atoms with van der Waals surface area (Å²) in [7, 11) is 0. The van der Waals surface area contributed by atoms with Crippen molar-refractivity contribution in [1.29, 1.82) is 0 Å². The Hall–Kier alpha value is -2.42. The molecule has 0 bridgehead atoms. The Morgan fingerprint density at radius 2 is 2.10 bits per heavy atom. The second kappa shape index (κ2) is 9.80. The van der Waals surface area contributed by atoms with Crippen LogP contribution in [0.3, 0.4) is 0 Å². The van der Waals surface area contributed by atoms with Crippen molar-refractivity contribution < 1.29 is 9.59 Å². The molecule has 31 heavy (non-hydrogen) atoms. The molecule has 2 unspecified atom stereocenters. The van der Waals surface area contributed by atoms with Gasteiger partial charge in [0.1, 0.15) is 5.82 Å². The fourth-order valence-corrected chi connectivity index (χ4v) is 5.34. The van der Waals surface area contributed by atoms with Gasteiger partial charge >= 0.3 is 0 Å². The van der Waals surface area contributed by atoms with Crippen LogP contribution in [0.1, 0.15) is 58.2 Å². The van der Waals surface area contributed by atoms with Crippen LogP contribution >= 0.6 is 11.8 Å². The number of amides is 2.